The van der Waals surface area contributed by atoms with Gasteiger partial charge in [-0.1, -0.05) is 23.7 Å². The number of ether oxygens (including phenoxy) is 2. The molecule has 0 unspecified atom stereocenters. The molecule has 1 fully saturated rings. The van der Waals surface area contributed by atoms with Crippen LogP contribution in [0.1, 0.15) is 34.1 Å². The summed E-state index contributed by atoms with van der Waals surface area (Å²) >= 11 is 6.02. The van der Waals surface area contributed by atoms with E-state index >= 15 is 0 Å². The van der Waals surface area contributed by atoms with Gasteiger partial charge >= 0.3 is 11.9 Å². The summed E-state index contributed by atoms with van der Waals surface area (Å²) < 4.78 is 38.2. The Labute approximate surface area is 210 Å². The molecular formula is C24H29ClN2O7S. The van der Waals surface area contributed by atoms with E-state index in [1.807, 2.05) is 0 Å². The molecule has 1 aliphatic rings. The third-order valence-electron chi connectivity index (χ3n) is 5.67. The summed E-state index contributed by atoms with van der Waals surface area (Å²) in [5.74, 6) is -1.99. The van der Waals surface area contributed by atoms with Crippen molar-refractivity contribution < 1.29 is 32.3 Å². The Balaban J connectivity index is 1.94. The van der Waals surface area contributed by atoms with E-state index in [1.54, 1.807) is 45.0 Å². The first-order valence-electron chi connectivity index (χ1n) is 11.1. The Morgan fingerprint density at radius 2 is 1.80 bits per heavy atom. The van der Waals surface area contributed by atoms with Crippen molar-refractivity contribution in [1.82, 2.24) is 9.21 Å². The lowest BCUT2D eigenvalue weighted by Gasteiger charge is -2.29. The van der Waals surface area contributed by atoms with E-state index in [9.17, 15) is 22.8 Å². The normalized spacial score (nSPS) is 17.6. The number of fused-ring (bicyclic) bond motifs is 1. The van der Waals surface area contributed by atoms with Crippen molar-refractivity contribution in [3.05, 3.63) is 41.4 Å². The van der Waals surface area contributed by atoms with Gasteiger partial charge in [0, 0.05) is 11.6 Å². The quantitative estimate of drug-likeness (QED) is 0.512. The smallest absolute Gasteiger partial charge is 0.329 e. The van der Waals surface area contributed by atoms with Gasteiger partial charge in [-0.2, -0.15) is 4.31 Å². The van der Waals surface area contributed by atoms with Crippen LogP contribution in [0.25, 0.3) is 10.8 Å². The third kappa shape index (κ3) is 5.94. The number of hydrogen-bond donors (Lipinski definition) is 0. The average molecular weight is 525 g/mol. The zero-order valence-corrected chi connectivity index (χ0v) is 21.9. The first kappa shape index (κ1) is 26.9. The highest BCUT2D eigenvalue weighted by molar-refractivity contribution is 7.89. The number of sulfonamides is 1. The number of amides is 1. The van der Waals surface area contributed by atoms with E-state index in [0.717, 1.165) is 16.8 Å². The summed E-state index contributed by atoms with van der Waals surface area (Å²) in [4.78, 5) is 39.2. The van der Waals surface area contributed by atoms with Crippen molar-refractivity contribution in [2.75, 3.05) is 20.2 Å². The van der Waals surface area contributed by atoms with Gasteiger partial charge in [0.25, 0.3) is 0 Å². The Bertz CT molecular complexity index is 1260. The molecule has 1 heterocycles. The van der Waals surface area contributed by atoms with Gasteiger partial charge in [-0.15, -0.1) is 0 Å². The fraction of sp³-hybridized carbons (Fsp3) is 0.458. The lowest BCUT2D eigenvalue weighted by Crippen LogP contribution is -2.50. The first-order valence-corrected chi connectivity index (χ1v) is 12.9. The lowest BCUT2D eigenvalue weighted by molar-refractivity contribution is -0.163. The van der Waals surface area contributed by atoms with Gasteiger partial charge in [0.2, 0.25) is 15.9 Å². The number of rotatable bonds is 7. The predicted octanol–water partition coefficient (Wildman–Crippen LogP) is 2.99. The van der Waals surface area contributed by atoms with Crippen molar-refractivity contribution >= 4 is 50.2 Å². The molecule has 0 spiro atoms. The fourth-order valence-electron chi connectivity index (χ4n) is 3.90. The van der Waals surface area contributed by atoms with Crippen molar-refractivity contribution in [2.24, 2.45) is 0 Å². The number of carbonyl (C=O) groups excluding carboxylic acids is 3. The van der Waals surface area contributed by atoms with Gasteiger partial charge in [0.15, 0.2) is 0 Å². The van der Waals surface area contributed by atoms with Gasteiger partial charge in [-0.25, -0.2) is 13.2 Å². The molecule has 0 bridgehead atoms. The first-order chi connectivity index (χ1) is 16.2. The summed E-state index contributed by atoms with van der Waals surface area (Å²) in [6.07, 6.45) is 0.103. The SMILES string of the molecule is COC(=O)CN([C@H]1CCN([C@@H](C)C(=O)OC(C)(C)C)C1=O)S(=O)(=O)c1ccc2cc(Cl)ccc2c1. The van der Waals surface area contributed by atoms with Crippen LogP contribution in [0, 0.1) is 0 Å². The third-order valence-corrected chi connectivity index (χ3v) is 7.75. The monoisotopic (exact) mass is 524 g/mol. The molecule has 3 rings (SSSR count). The Morgan fingerprint density at radius 1 is 1.17 bits per heavy atom. The highest BCUT2D eigenvalue weighted by Gasteiger charge is 2.45. The highest BCUT2D eigenvalue weighted by atomic mass is 35.5. The second kappa shape index (κ2) is 10.1. The molecule has 2 atom stereocenters. The standard InChI is InChI=1S/C24H29ClN2O7S/c1-15(23(30)34-24(2,3)4)26-11-10-20(22(26)29)27(14-21(28)33-5)35(31,32)19-9-7-16-12-18(25)8-6-17(16)13-19/h6-9,12-13,15,20H,10-11,14H2,1-5H3/t15-,20-/m0/s1. The maximum absolute atomic E-state index is 13.7. The Morgan fingerprint density at radius 3 is 2.43 bits per heavy atom. The highest BCUT2D eigenvalue weighted by Crippen LogP contribution is 2.29. The van der Waals surface area contributed by atoms with E-state index in [1.165, 1.54) is 24.0 Å². The number of hydrogen-bond acceptors (Lipinski definition) is 7. The van der Waals surface area contributed by atoms with E-state index in [0.29, 0.717) is 10.4 Å². The number of carbonyl (C=O) groups is 3. The van der Waals surface area contributed by atoms with Crippen molar-refractivity contribution in [3.8, 4) is 0 Å². The van der Waals surface area contributed by atoms with Crippen LogP contribution in [0.4, 0.5) is 0 Å². The van der Waals surface area contributed by atoms with E-state index < -0.39 is 52.1 Å². The molecule has 11 heteroatoms. The topological polar surface area (TPSA) is 110 Å². The molecule has 0 aliphatic carbocycles. The van der Waals surface area contributed by atoms with Crippen LogP contribution >= 0.6 is 11.6 Å². The zero-order valence-electron chi connectivity index (χ0n) is 20.3. The molecule has 1 aliphatic heterocycles. The number of esters is 2. The van der Waals surface area contributed by atoms with E-state index in [2.05, 4.69) is 0 Å². The summed E-state index contributed by atoms with van der Waals surface area (Å²) in [7, 11) is -3.15. The summed E-state index contributed by atoms with van der Waals surface area (Å²) in [6, 6.07) is 7.41. The number of nitrogens with zero attached hydrogens (tertiary/aromatic N) is 2. The molecule has 0 N–H and O–H groups in total. The van der Waals surface area contributed by atoms with Crippen LogP contribution in [0.2, 0.25) is 5.02 Å². The van der Waals surface area contributed by atoms with Gasteiger partial charge in [0.05, 0.1) is 12.0 Å². The van der Waals surface area contributed by atoms with Crippen LogP contribution < -0.4 is 0 Å². The summed E-state index contributed by atoms with van der Waals surface area (Å²) in [6.45, 7) is 6.16. The van der Waals surface area contributed by atoms with Gasteiger partial charge in [-0.3, -0.25) is 9.59 Å². The van der Waals surface area contributed by atoms with Gasteiger partial charge < -0.3 is 14.4 Å². The molecular weight excluding hydrogens is 496 g/mol. The number of likely N-dealkylation sites (tertiary alicyclic amines) is 1. The zero-order chi connectivity index (χ0) is 26.1. The minimum Gasteiger partial charge on any atom is -0.468 e. The van der Waals surface area contributed by atoms with Crippen LogP contribution in [0.15, 0.2) is 41.3 Å². The van der Waals surface area contributed by atoms with Crippen LogP contribution in [-0.4, -0.2) is 73.4 Å². The fourth-order valence-corrected chi connectivity index (χ4v) is 5.67. The van der Waals surface area contributed by atoms with Gasteiger partial charge in [0.1, 0.15) is 24.2 Å². The molecule has 0 saturated carbocycles. The van der Waals surface area contributed by atoms with Crippen molar-refractivity contribution in [2.45, 2.75) is 56.7 Å². The number of halogens is 1. The van der Waals surface area contributed by atoms with Crippen LogP contribution in [0.3, 0.4) is 0 Å². The van der Waals surface area contributed by atoms with E-state index in [4.69, 9.17) is 21.1 Å². The average Bonchev–Trinajstić information content (AvgIpc) is 3.15. The maximum atomic E-state index is 13.7. The van der Waals surface area contributed by atoms with Crippen molar-refractivity contribution in [3.63, 3.8) is 0 Å². The molecule has 1 amide bonds. The second-order valence-electron chi connectivity index (χ2n) is 9.33. The number of benzene rings is 2. The van der Waals surface area contributed by atoms with Gasteiger partial charge in [-0.05, 0) is 69.2 Å². The largest absolute Gasteiger partial charge is 0.468 e. The lowest BCUT2D eigenvalue weighted by atomic mass is 10.1. The maximum Gasteiger partial charge on any atom is 0.329 e. The summed E-state index contributed by atoms with van der Waals surface area (Å²) in [5, 5.41) is 1.88. The van der Waals surface area contributed by atoms with E-state index in [-0.39, 0.29) is 17.9 Å². The molecule has 1 saturated heterocycles. The Kier molecular flexibility index (Phi) is 7.78. The molecule has 35 heavy (non-hydrogen) atoms. The molecule has 0 aromatic heterocycles. The summed E-state index contributed by atoms with van der Waals surface area (Å²) in [5.41, 5.74) is -0.742. The number of methoxy groups -OCH3 is 1. The predicted molar refractivity (Wildman–Crippen MR) is 130 cm³/mol. The molecule has 2 aromatic carbocycles. The Hall–Kier alpha value is -2.69. The minimum absolute atomic E-state index is 0.0809. The van der Waals surface area contributed by atoms with Crippen molar-refractivity contribution in [1.29, 1.82) is 0 Å². The second-order valence-corrected chi connectivity index (χ2v) is 11.7. The molecule has 0 radical (unpaired) electrons. The molecule has 9 nitrogen and oxygen atoms in total. The minimum atomic E-state index is -4.29. The molecule has 190 valence electrons. The van der Waals surface area contributed by atoms with Crippen LogP contribution in [-0.2, 0) is 33.9 Å². The van der Waals surface area contributed by atoms with Crippen LogP contribution in [0.5, 0.6) is 0 Å². The molecule has 2 aromatic rings.